The molecule has 0 bridgehead atoms. The molecule has 1 aromatic carbocycles. The van der Waals surface area contributed by atoms with E-state index in [-0.39, 0.29) is 30.0 Å². The van der Waals surface area contributed by atoms with Crippen LogP contribution in [0.4, 0.5) is 29.1 Å². The number of hydrogen-bond donors (Lipinski definition) is 3. The van der Waals surface area contributed by atoms with Crippen LogP contribution in [0.25, 0.3) is 22.4 Å². The second-order valence-electron chi connectivity index (χ2n) is 10.3. The van der Waals surface area contributed by atoms with Gasteiger partial charge in [-0.1, -0.05) is 0 Å². The summed E-state index contributed by atoms with van der Waals surface area (Å²) in [6.45, 7) is 0.532. The van der Waals surface area contributed by atoms with Gasteiger partial charge in [0.2, 0.25) is 0 Å². The molecule has 0 radical (unpaired) electrons. The van der Waals surface area contributed by atoms with E-state index in [1.54, 1.807) is 15.5 Å². The SMILES string of the molecule is COc1c(F)cc(-c2cc(Cn3cnc4c(N)ncnc43)c(N3CCC[C@@]4(N)C3CC(F)(F)[C@@H]4O)cn2)cc1F. The van der Waals surface area contributed by atoms with Gasteiger partial charge in [-0.05, 0) is 36.6 Å². The minimum atomic E-state index is -3.36. The van der Waals surface area contributed by atoms with Gasteiger partial charge in [0.05, 0.1) is 49.1 Å². The van der Waals surface area contributed by atoms with E-state index >= 15 is 0 Å². The number of nitrogens with zero attached hydrogens (tertiary/aromatic N) is 6. The Morgan fingerprint density at radius 3 is 2.60 bits per heavy atom. The van der Waals surface area contributed by atoms with E-state index in [1.807, 2.05) is 0 Å². The van der Waals surface area contributed by atoms with Crippen molar-refractivity contribution in [2.75, 3.05) is 24.3 Å². The van der Waals surface area contributed by atoms with E-state index < -0.39 is 47.4 Å². The number of methoxy groups -OCH3 is 1. The summed E-state index contributed by atoms with van der Waals surface area (Å²) in [5.74, 6) is -5.48. The number of nitrogens with two attached hydrogens (primary N) is 2. The van der Waals surface area contributed by atoms with E-state index in [0.29, 0.717) is 35.4 Å². The van der Waals surface area contributed by atoms with Crippen LogP contribution < -0.4 is 21.1 Å². The molecule has 40 heavy (non-hydrogen) atoms. The van der Waals surface area contributed by atoms with Gasteiger partial charge in [0.1, 0.15) is 17.9 Å². The Hall–Kier alpha value is -4.04. The number of aliphatic hydroxyl groups is 1. The standard InChI is InChI=1S/C26H26F4N8O2/c1-40-21-15(27)5-13(6-16(21)28)17-7-14(10-37-12-36-20-22(31)34-11-35-23(20)37)18(9-33-17)38-4-2-3-25(32)19(38)8-26(29,30)24(25)39/h5-7,9,11-12,19,24,39H,2-4,8,10,32H2,1H3,(H2,31,34,35)/t19?,24-,25-/m1/s1. The van der Waals surface area contributed by atoms with Crippen molar-refractivity contribution in [2.24, 2.45) is 5.73 Å². The lowest BCUT2D eigenvalue weighted by molar-refractivity contribution is -0.104. The Kier molecular flexibility index (Phi) is 6.07. The predicted molar refractivity (Wildman–Crippen MR) is 138 cm³/mol. The Morgan fingerprint density at radius 2 is 1.88 bits per heavy atom. The number of rotatable bonds is 5. The maximum Gasteiger partial charge on any atom is 0.277 e. The third-order valence-corrected chi connectivity index (χ3v) is 7.92. The zero-order valence-corrected chi connectivity index (χ0v) is 21.4. The van der Waals surface area contributed by atoms with E-state index in [9.17, 15) is 22.7 Å². The van der Waals surface area contributed by atoms with Crippen LogP contribution in [0.15, 0.2) is 37.1 Å². The Bertz CT molecular complexity index is 1590. The number of anilines is 2. The van der Waals surface area contributed by atoms with Gasteiger partial charge >= 0.3 is 0 Å². The van der Waals surface area contributed by atoms with Crippen LogP contribution in [0.5, 0.6) is 5.75 Å². The average molecular weight is 559 g/mol. The number of nitrogen functional groups attached to an aromatic ring is 1. The first-order valence-electron chi connectivity index (χ1n) is 12.6. The molecule has 2 aliphatic rings. The van der Waals surface area contributed by atoms with Gasteiger partial charge < -0.3 is 30.8 Å². The molecule has 5 N–H and O–H groups in total. The topological polar surface area (TPSA) is 141 Å². The molecule has 1 aliphatic carbocycles. The highest BCUT2D eigenvalue weighted by Crippen LogP contribution is 2.49. The molecule has 14 heteroatoms. The summed E-state index contributed by atoms with van der Waals surface area (Å²) in [5.41, 5.74) is 13.1. The second-order valence-corrected chi connectivity index (χ2v) is 10.3. The Labute approximate surface area is 225 Å². The molecular formula is C26H26F4N8O2. The third-order valence-electron chi connectivity index (χ3n) is 7.92. The first kappa shape index (κ1) is 26.2. The zero-order chi connectivity index (χ0) is 28.4. The van der Waals surface area contributed by atoms with Crippen molar-refractivity contribution < 1.29 is 27.4 Å². The number of fused-ring (bicyclic) bond motifs is 2. The van der Waals surface area contributed by atoms with Crippen LogP contribution in [-0.4, -0.2) is 66.9 Å². The molecule has 6 rings (SSSR count). The lowest BCUT2D eigenvalue weighted by Gasteiger charge is -2.46. The van der Waals surface area contributed by atoms with Crippen LogP contribution in [0.1, 0.15) is 24.8 Å². The number of aliphatic hydroxyl groups excluding tert-OH is 1. The molecule has 2 fully saturated rings. The summed E-state index contributed by atoms with van der Waals surface area (Å²) in [4.78, 5) is 18.7. The van der Waals surface area contributed by atoms with E-state index in [2.05, 4.69) is 19.9 Å². The Balaban J connectivity index is 1.48. The first-order valence-corrected chi connectivity index (χ1v) is 12.6. The molecule has 0 amide bonds. The van der Waals surface area contributed by atoms with Crippen molar-refractivity contribution >= 4 is 22.7 Å². The van der Waals surface area contributed by atoms with Gasteiger partial charge in [0.25, 0.3) is 5.92 Å². The largest absolute Gasteiger partial charge is 0.491 e. The molecule has 1 aliphatic heterocycles. The van der Waals surface area contributed by atoms with Crippen LogP contribution in [-0.2, 0) is 6.54 Å². The number of alkyl halides is 2. The Morgan fingerprint density at radius 1 is 1.12 bits per heavy atom. The summed E-state index contributed by atoms with van der Waals surface area (Å²) in [7, 11) is 1.16. The molecule has 4 aromatic rings. The van der Waals surface area contributed by atoms with Crippen LogP contribution in [0, 0.1) is 11.6 Å². The quantitative estimate of drug-likeness (QED) is 0.315. The molecule has 3 atom stereocenters. The summed E-state index contributed by atoms with van der Waals surface area (Å²) >= 11 is 0. The number of benzene rings is 1. The third kappa shape index (κ3) is 4.01. The van der Waals surface area contributed by atoms with Crippen molar-refractivity contribution in [2.45, 2.75) is 49.4 Å². The normalized spacial score (nSPS) is 23.9. The van der Waals surface area contributed by atoms with Crippen molar-refractivity contribution in [1.29, 1.82) is 0 Å². The summed E-state index contributed by atoms with van der Waals surface area (Å²) in [6.07, 6.45) is 2.37. The number of imidazole rings is 1. The van der Waals surface area contributed by atoms with Gasteiger partial charge in [-0.25, -0.2) is 32.5 Å². The van der Waals surface area contributed by atoms with Gasteiger partial charge in [-0.2, -0.15) is 0 Å². The monoisotopic (exact) mass is 558 g/mol. The van der Waals surface area contributed by atoms with Crippen molar-refractivity contribution in [1.82, 2.24) is 24.5 Å². The van der Waals surface area contributed by atoms with Gasteiger partial charge in [-0.15, -0.1) is 0 Å². The maximum atomic E-state index is 14.7. The van der Waals surface area contributed by atoms with E-state index in [1.165, 1.54) is 18.9 Å². The highest BCUT2D eigenvalue weighted by Gasteiger charge is 2.64. The lowest BCUT2D eigenvalue weighted by Crippen LogP contribution is -2.64. The molecule has 1 saturated heterocycles. The number of halogens is 4. The number of hydrogen-bond acceptors (Lipinski definition) is 9. The van der Waals surface area contributed by atoms with Gasteiger partial charge in [0, 0.05) is 18.5 Å². The van der Waals surface area contributed by atoms with Gasteiger partial charge in [0.15, 0.2) is 28.8 Å². The minimum absolute atomic E-state index is 0.138. The zero-order valence-electron chi connectivity index (χ0n) is 21.4. The number of piperidine rings is 1. The summed E-state index contributed by atoms with van der Waals surface area (Å²) < 4.78 is 65.0. The fourth-order valence-electron chi connectivity index (χ4n) is 5.97. The van der Waals surface area contributed by atoms with E-state index in [0.717, 1.165) is 19.2 Å². The average Bonchev–Trinajstić information content (AvgIpc) is 3.40. The fraction of sp³-hybridized carbons (Fsp3) is 0.385. The molecule has 3 aromatic heterocycles. The number of ether oxygens (including phenoxy) is 1. The minimum Gasteiger partial charge on any atom is -0.491 e. The predicted octanol–water partition coefficient (Wildman–Crippen LogP) is 2.87. The number of aromatic nitrogens is 5. The highest BCUT2D eigenvalue weighted by atomic mass is 19.3. The highest BCUT2D eigenvalue weighted by molar-refractivity contribution is 5.81. The smallest absolute Gasteiger partial charge is 0.277 e. The molecule has 210 valence electrons. The molecule has 10 nitrogen and oxygen atoms in total. The molecule has 4 heterocycles. The molecule has 0 spiro atoms. The van der Waals surface area contributed by atoms with Crippen molar-refractivity contribution in [3.8, 4) is 17.0 Å². The summed E-state index contributed by atoms with van der Waals surface area (Å²) in [5, 5.41) is 10.4. The van der Waals surface area contributed by atoms with E-state index in [4.69, 9.17) is 16.2 Å². The molecular weight excluding hydrogens is 532 g/mol. The second kappa shape index (κ2) is 9.27. The first-order chi connectivity index (χ1) is 19.0. The maximum absolute atomic E-state index is 14.7. The molecule has 1 saturated carbocycles. The summed E-state index contributed by atoms with van der Waals surface area (Å²) in [6, 6.07) is 2.97. The van der Waals surface area contributed by atoms with Crippen LogP contribution in [0.2, 0.25) is 0 Å². The molecule has 1 unspecified atom stereocenters. The van der Waals surface area contributed by atoms with Crippen LogP contribution in [0.3, 0.4) is 0 Å². The fourth-order valence-corrected chi connectivity index (χ4v) is 5.97. The lowest BCUT2D eigenvalue weighted by atomic mass is 9.82. The van der Waals surface area contributed by atoms with Crippen molar-refractivity contribution in [3.63, 3.8) is 0 Å². The van der Waals surface area contributed by atoms with Crippen LogP contribution >= 0.6 is 0 Å². The number of pyridine rings is 1. The van der Waals surface area contributed by atoms with Crippen molar-refractivity contribution in [3.05, 3.63) is 54.2 Å². The van der Waals surface area contributed by atoms with Gasteiger partial charge in [-0.3, -0.25) is 4.98 Å².